The number of imidazole rings is 1. The Balaban J connectivity index is 1.38. The highest BCUT2D eigenvalue weighted by molar-refractivity contribution is 9.10. The van der Waals surface area contributed by atoms with Gasteiger partial charge in [-0.1, -0.05) is 28.1 Å². The van der Waals surface area contributed by atoms with Crippen molar-refractivity contribution in [1.29, 1.82) is 0 Å². The fourth-order valence-electron chi connectivity index (χ4n) is 4.26. The first-order valence-corrected chi connectivity index (χ1v) is 10.9. The summed E-state index contributed by atoms with van der Waals surface area (Å²) in [6.45, 7) is 4.62. The molecular formula is C22H26BrN5O. The van der Waals surface area contributed by atoms with Gasteiger partial charge < -0.3 is 9.47 Å². The number of amides is 1. The smallest absolute Gasteiger partial charge is 0.222 e. The van der Waals surface area contributed by atoms with Crippen LogP contribution in [0.1, 0.15) is 37.1 Å². The normalized spacial score (nSPS) is 23.7. The monoisotopic (exact) mass is 455 g/mol. The number of carbonyl (C=O) groups excluding carboxylic acids is 1. The fraction of sp³-hybridized carbons (Fsp3) is 0.455. The Morgan fingerprint density at radius 1 is 1.31 bits per heavy atom. The Morgan fingerprint density at radius 3 is 2.83 bits per heavy atom. The van der Waals surface area contributed by atoms with E-state index in [1.165, 1.54) is 0 Å². The topological polar surface area (TPSA) is 62.9 Å². The van der Waals surface area contributed by atoms with Crippen molar-refractivity contribution in [3.05, 3.63) is 52.5 Å². The maximum Gasteiger partial charge on any atom is 0.222 e. The van der Waals surface area contributed by atoms with Gasteiger partial charge in [-0.25, -0.2) is 9.98 Å². The molecule has 4 rings (SSSR count). The summed E-state index contributed by atoms with van der Waals surface area (Å²) in [5.74, 6) is 1.72. The van der Waals surface area contributed by atoms with Crippen molar-refractivity contribution in [3.8, 4) is 0 Å². The molecule has 2 atom stereocenters. The first-order chi connectivity index (χ1) is 14.1. The highest BCUT2D eigenvalue weighted by atomic mass is 79.9. The van der Waals surface area contributed by atoms with Gasteiger partial charge >= 0.3 is 0 Å². The van der Waals surface area contributed by atoms with E-state index in [2.05, 4.69) is 35.5 Å². The van der Waals surface area contributed by atoms with E-state index in [9.17, 15) is 4.79 Å². The summed E-state index contributed by atoms with van der Waals surface area (Å²) in [5, 5.41) is 0. The molecule has 29 heavy (non-hydrogen) atoms. The molecule has 0 spiro atoms. The molecule has 1 amide bonds. The van der Waals surface area contributed by atoms with Crippen LogP contribution in [-0.2, 0) is 16.9 Å². The molecule has 6 nitrogen and oxygen atoms in total. The number of aromatic nitrogens is 2. The molecule has 3 heterocycles. The van der Waals surface area contributed by atoms with Crippen LogP contribution in [0.25, 0.3) is 0 Å². The van der Waals surface area contributed by atoms with Crippen molar-refractivity contribution in [3.63, 3.8) is 0 Å². The molecule has 0 radical (unpaired) electrons. The fourth-order valence-corrected chi connectivity index (χ4v) is 4.52. The summed E-state index contributed by atoms with van der Waals surface area (Å²) in [4.78, 5) is 28.2. The molecule has 152 valence electrons. The van der Waals surface area contributed by atoms with E-state index in [4.69, 9.17) is 0 Å². The highest BCUT2D eigenvalue weighted by Gasteiger charge is 2.33. The van der Waals surface area contributed by atoms with Crippen LogP contribution in [-0.4, -0.2) is 46.0 Å². The molecule has 1 fully saturated rings. The van der Waals surface area contributed by atoms with E-state index in [1.807, 2.05) is 54.7 Å². The third kappa shape index (κ3) is 4.50. The lowest BCUT2D eigenvalue weighted by molar-refractivity contribution is -0.133. The van der Waals surface area contributed by atoms with Crippen LogP contribution in [0, 0.1) is 12.8 Å². The summed E-state index contributed by atoms with van der Waals surface area (Å²) < 4.78 is 3.21. The van der Waals surface area contributed by atoms with Crippen molar-refractivity contribution in [2.45, 2.75) is 44.7 Å². The van der Waals surface area contributed by atoms with Crippen LogP contribution >= 0.6 is 15.9 Å². The minimum atomic E-state index is -0.528. The third-order valence-electron chi connectivity index (χ3n) is 5.96. The number of benzene rings is 1. The van der Waals surface area contributed by atoms with Gasteiger partial charge in [-0.3, -0.25) is 9.79 Å². The van der Waals surface area contributed by atoms with Crippen molar-refractivity contribution in [1.82, 2.24) is 14.5 Å². The Bertz CT molecular complexity index is 906. The van der Waals surface area contributed by atoms with Gasteiger partial charge in [0.2, 0.25) is 5.91 Å². The molecule has 0 saturated carbocycles. The quantitative estimate of drug-likeness (QED) is 0.660. The summed E-state index contributed by atoms with van der Waals surface area (Å²) in [5.41, 5.74) is 0.539. The van der Waals surface area contributed by atoms with E-state index in [-0.39, 0.29) is 5.91 Å². The predicted molar refractivity (Wildman–Crippen MR) is 118 cm³/mol. The van der Waals surface area contributed by atoms with Crippen molar-refractivity contribution in [2.24, 2.45) is 15.9 Å². The molecule has 2 aliphatic heterocycles. The van der Waals surface area contributed by atoms with Gasteiger partial charge in [0.25, 0.3) is 0 Å². The number of aliphatic imine (C=N–C) groups is 2. The first-order valence-electron chi connectivity index (χ1n) is 10.2. The van der Waals surface area contributed by atoms with Crippen LogP contribution in [0.4, 0.5) is 0 Å². The van der Waals surface area contributed by atoms with Gasteiger partial charge in [-0.2, -0.15) is 0 Å². The number of halogens is 1. The number of piperidine rings is 1. The van der Waals surface area contributed by atoms with Gasteiger partial charge in [0, 0.05) is 49.1 Å². The van der Waals surface area contributed by atoms with Crippen LogP contribution in [0.15, 0.2) is 51.1 Å². The summed E-state index contributed by atoms with van der Waals surface area (Å²) in [6, 6.07) is 8.11. The second-order valence-corrected chi connectivity index (χ2v) is 8.84. The van der Waals surface area contributed by atoms with Gasteiger partial charge in [-0.05, 0) is 49.8 Å². The molecule has 1 aromatic heterocycles. The van der Waals surface area contributed by atoms with E-state index in [0.717, 1.165) is 48.3 Å². The first kappa shape index (κ1) is 20.0. The number of carbonyl (C=O) groups is 1. The maximum absolute atomic E-state index is 13.0. The zero-order chi connectivity index (χ0) is 20.3. The average molecular weight is 456 g/mol. The number of hydrogen-bond acceptors (Lipinski definition) is 4. The van der Waals surface area contributed by atoms with Crippen LogP contribution in [0.2, 0.25) is 0 Å². The van der Waals surface area contributed by atoms with Gasteiger partial charge in [0.05, 0.1) is 0 Å². The zero-order valence-corrected chi connectivity index (χ0v) is 18.3. The Labute approximate surface area is 179 Å². The average Bonchev–Trinajstić information content (AvgIpc) is 3.37. The molecule has 0 N–H and O–H groups in total. The predicted octanol–water partition coefficient (Wildman–Crippen LogP) is 3.98. The molecular weight excluding hydrogens is 430 g/mol. The Kier molecular flexibility index (Phi) is 5.94. The van der Waals surface area contributed by atoms with E-state index < -0.39 is 5.54 Å². The largest absolute Gasteiger partial charge is 0.342 e. The van der Waals surface area contributed by atoms with E-state index >= 15 is 0 Å². The molecule has 7 heteroatoms. The van der Waals surface area contributed by atoms with Gasteiger partial charge in [0.15, 0.2) is 0 Å². The third-order valence-corrected chi connectivity index (χ3v) is 6.49. The zero-order valence-electron chi connectivity index (χ0n) is 16.7. The Morgan fingerprint density at radius 2 is 2.14 bits per heavy atom. The van der Waals surface area contributed by atoms with Crippen molar-refractivity contribution < 1.29 is 4.79 Å². The lowest BCUT2D eigenvalue weighted by Crippen LogP contribution is -2.41. The summed E-state index contributed by atoms with van der Waals surface area (Å²) >= 11 is 3.48. The molecule has 1 aromatic carbocycles. The van der Waals surface area contributed by atoms with Crippen molar-refractivity contribution in [2.75, 3.05) is 13.1 Å². The molecule has 0 aliphatic carbocycles. The van der Waals surface area contributed by atoms with Crippen LogP contribution < -0.4 is 0 Å². The standard InChI is InChI=1S/C22H26BrN5O/c1-17-25-10-12-27(17)13-18-3-2-11-28(14-18)21(29)8-9-22(15-24-16-26-22)19-4-6-20(23)7-5-19/h4-7,10,12,15-16,18H,2-3,8-9,11,13-14H2,1H3. The van der Waals surface area contributed by atoms with E-state index in [0.29, 0.717) is 18.8 Å². The molecule has 1 saturated heterocycles. The number of likely N-dealkylation sites (tertiary alicyclic amines) is 1. The SMILES string of the molecule is Cc1nccn1CC1CCCN(C(=O)CCC2(c3ccc(Br)cc3)C=NC=N2)C1. The lowest BCUT2D eigenvalue weighted by Gasteiger charge is -2.34. The van der Waals surface area contributed by atoms with Crippen molar-refractivity contribution >= 4 is 34.4 Å². The molecule has 2 aromatic rings. The minimum absolute atomic E-state index is 0.212. The van der Waals surface area contributed by atoms with Gasteiger partial charge in [0.1, 0.15) is 17.7 Å². The minimum Gasteiger partial charge on any atom is -0.342 e. The number of hydrogen-bond donors (Lipinski definition) is 0. The number of rotatable bonds is 6. The second-order valence-electron chi connectivity index (χ2n) is 7.93. The van der Waals surface area contributed by atoms with E-state index in [1.54, 1.807) is 6.34 Å². The second kappa shape index (κ2) is 8.61. The van der Waals surface area contributed by atoms with Crippen LogP contribution in [0.5, 0.6) is 0 Å². The number of aryl methyl sites for hydroxylation is 1. The highest BCUT2D eigenvalue weighted by Crippen LogP contribution is 2.33. The summed E-state index contributed by atoms with van der Waals surface area (Å²) in [6.07, 6.45) is 10.6. The lowest BCUT2D eigenvalue weighted by atomic mass is 9.87. The summed E-state index contributed by atoms with van der Waals surface area (Å²) in [7, 11) is 0. The Hall–Kier alpha value is -2.28. The maximum atomic E-state index is 13.0. The number of nitrogens with zero attached hydrogens (tertiary/aromatic N) is 5. The van der Waals surface area contributed by atoms with Crippen LogP contribution in [0.3, 0.4) is 0 Å². The molecule has 2 unspecified atom stereocenters. The molecule has 2 aliphatic rings. The molecule has 0 bridgehead atoms. The van der Waals surface area contributed by atoms with Gasteiger partial charge in [-0.15, -0.1) is 0 Å².